The standard InChI is InChI=1S/C31H32FN5O6S2/c1-5-43-30(40)26-21-7-6-8-24(21)45-29(26)34-27(38)17(2)44-31-36-35-25(37(31)20-12-10-19(32)11-13-20)16-33-28(39)18-9-14-22(41-3)23(15-18)42-4/h9-15,17H,5-8,16H2,1-4H3,(H,33,39)(H,34,38)/t17-/m0/s1. The van der Waals surface area contributed by atoms with Crippen LogP contribution in [0.25, 0.3) is 5.69 Å². The van der Waals surface area contributed by atoms with Crippen LogP contribution in [0.3, 0.4) is 0 Å². The zero-order chi connectivity index (χ0) is 32.1. The topological polar surface area (TPSA) is 134 Å². The summed E-state index contributed by atoms with van der Waals surface area (Å²) < 4.78 is 31.3. The van der Waals surface area contributed by atoms with Crippen molar-refractivity contribution in [2.45, 2.75) is 50.1 Å². The van der Waals surface area contributed by atoms with Gasteiger partial charge in [-0.25, -0.2) is 9.18 Å². The summed E-state index contributed by atoms with van der Waals surface area (Å²) in [6.07, 6.45) is 2.59. The number of thiophene rings is 1. The van der Waals surface area contributed by atoms with Crippen molar-refractivity contribution in [1.82, 2.24) is 20.1 Å². The van der Waals surface area contributed by atoms with Crippen molar-refractivity contribution in [2.24, 2.45) is 0 Å². The maximum atomic E-state index is 13.8. The lowest BCUT2D eigenvalue weighted by molar-refractivity contribution is -0.115. The molecule has 2 aromatic carbocycles. The van der Waals surface area contributed by atoms with Gasteiger partial charge in [0.15, 0.2) is 22.5 Å². The number of ether oxygens (including phenoxy) is 3. The highest BCUT2D eigenvalue weighted by atomic mass is 32.2. The molecule has 2 heterocycles. The van der Waals surface area contributed by atoms with Gasteiger partial charge in [-0.3, -0.25) is 14.2 Å². The fraction of sp³-hybridized carbons (Fsp3) is 0.323. The van der Waals surface area contributed by atoms with Crippen LogP contribution in [0.15, 0.2) is 47.6 Å². The lowest BCUT2D eigenvalue weighted by atomic mass is 10.1. The van der Waals surface area contributed by atoms with Gasteiger partial charge in [0.25, 0.3) is 5.91 Å². The fourth-order valence-electron chi connectivity index (χ4n) is 4.92. The predicted molar refractivity (Wildman–Crippen MR) is 168 cm³/mol. The first-order valence-electron chi connectivity index (χ1n) is 14.2. The van der Waals surface area contributed by atoms with E-state index in [2.05, 4.69) is 20.8 Å². The van der Waals surface area contributed by atoms with Gasteiger partial charge in [0, 0.05) is 16.1 Å². The van der Waals surface area contributed by atoms with Gasteiger partial charge in [0.2, 0.25) is 5.91 Å². The molecule has 14 heteroatoms. The maximum Gasteiger partial charge on any atom is 0.341 e. The zero-order valence-electron chi connectivity index (χ0n) is 25.1. The average Bonchev–Trinajstić information content (AvgIpc) is 3.74. The normalized spacial score (nSPS) is 12.7. The lowest BCUT2D eigenvalue weighted by Crippen LogP contribution is -2.25. The molecule has 0 fully saturated rings. The number of benzene rings is 2. The molecule has 45 heavy (non-hydrogen) atoms. The number of amides is 2. The van der Waals surface area contributed by atoms with Gasteiger partial charge in [0.05, 0.1) is 38.2 Å². The third kappa shape index (κ3) is 6.96. The van der Waals surface area contributed by atoms with Crippen molar-refractivity contribution in [3.8, 4) is 17.2 Å². The Morgan fingerprint density at radius 2 is 1.82 bits per heavy atom. The van der Waals surface area contributed by atoms with E-state index in [1.165, 1.54) is 37.7 Å². The minimum absolute atomic E-state index is 0.0116. The van der Waals surface area contributed by atoms with E-state index in [1.54, 1.807) is 48.7 Å². The lowest BCUT2D eigenvalue weighted by Gasteiger charge is -2.15. The molecule has 2 aromatic heterocycles. The summed E-state index contributed by atoms with van der Waals surface area (Å²) in [7, 11) is 2.99. The SMILES string of the molecule is CCOC(=O)c1c(NC(=O)[C@H](C)Sc2nnc(CNC(=O)c3ccc(OC)c(OC)c3)n2-c2ccc(F)cc2)sc2c1CCC2. The Bertz CT molecular complexity index is 1720. The molecule has 1 atom stereocenters. The quantitative estimate of drug-likeness (QED) is 0.156. The summed E-state index contributed by atoms with van der Waals surface area (Å²) in [5.41, 5.74) is 2.28. The number of hydrogen-bond donors (Lipinski definition) is 2. The highest BCUT2D eigenvalue weighted by Gasteiger charge is 2.30. The maximum absolute atomic E-state index is 13.8. The molecule has 4 aromatic rings. The molecule has 0 bridgehead atoms. The number of esters is 1. The van der Waals surface area contributed by atoms with Gasteiger partial charge in [-0.1, -0.05) is 11.8 Å². The monoisotopic (exact) mass is 653 g/mol. The number of carbonyl (C=O) groups is 3. The van der Waals surface area contributed by atoms with Crippen molar-refractivity contribution >= 4 is 45.9 Å². The number of nitrogens with one attached hydrogen (secondary N) is 2. The highest BCUT2D eigenvalue weighted by molar-refractivity contribution is 8.00. The van der Waals surface area contributed by atoms with Crippen LogP contribution in [0, 0.1) is 5.82 Å². The number of rotatable bonds is 12. The largest absolute Gasteiger partial charge is 0.493 e. The number of halogens is 1. The number of thioether (sulfide) groups is 1. The van der Waals surface area contributed by atoms with Crippen molar-refractivity contribution in [2.75, 3.05) is 26.1 Å². The molecule has 0 aliphatic heterocycles. The molecule has 0 saturated carbocycles. The molecule has 0 radical (unpaired) electrons. The Kier molecular flexibility index (Phi) is 10.0. The van der Waals surface area contributed by atoms with E-state index in [0.717, 1.165) is 41.5 Å². The van der Waals surface area contributed by atoms with E-state index in [0.29, 0.717) is 44.3 Å². The van der Waals surface area contributed by atoms with Gasteiger partial charge >= 0.3 is 5.97 Å². The molecule has 2 N–H and O–H groups in total. The van der Waals surface area contributed by atoms with E-state index in [9.17, 15) is 18.8 Å². The number of methoxy groups -OCH3 is 2. The zero-order valence-corrected chi connectivity index (χ0v) is 26.8. The number of aryl methyl sites for hydroxylation is 1. The predicted octanol–water partition coefficient (Wildman–Crippen LogP) is 5.20. The molecule has 0 saturated heterocycles. The van der Waals surface area contributed by atoms with Crippen LogP contribution in [0.2, 0.25) is 0 Å². The van der Waals surface area contributed by atoms with Crippen LogP contribution in [-0.2, 0) is 28.9 Å². The molecule has 236 valence electrons. The second-order valence-corrected chi connectivity index (χ2v) is 12.4. The smallest absolute Gasteiger partial charge is 0.341 e. The van der Waals surface area contributed by atoms with Crippen LogP contribution in [-0.4, -0.2) is 58.6 Å². The number of carbonyl (C=O) groups excluding carboxylic acids is 3. The van der Waals surface area contributed by atoms with E-state index in [1.807, 2.05) is 0 Å². The fourth-order valence-corrected chi connectivity index (χ4v) is 7.08. The number of anilines is 1. The first-order valence-corrected chi connectivity index (χ1v) is 15.9. The Morgan fingerprint density at radius 3 is 2.53 bits per heavy atom. The van der Waals surface area contributed by atoms with E-state index >= 15 is 0 Å². The number of aromatic nitrogens is 3. The minimum atomic E-state index is -0.658. The molecule has 1 aliphatic carbocycles. The van der Waals surface area contributed by atoms with Crippen molar-refractivity contribution in [3.05, 3.63) is 75.7 Å². The molecular formula is C31H32FN5O6S2. The number of nitrogens with zero attached hydrogens (tertiary/aromatic N) is 3. The number of hydrogen-bond acceptors (Lipinski definition) is 10. The summed E-state index contributed by atoms with van der Waals surface area (Å²) in [4.78, 5) is 40.2. The summed E-state index contributed by atoms with van der Waals surface area (Å²) >= 11 is 2.55. The van der Waals surface area contributed by atoms with E-state index in [-0.39, 0.29) is 25.0 Å². The van der Waals surface area contributed by atoms with Gasteiger partial charge in [-0.15, -0.1) is 21.5 Å². The Morgan fingerprint density at radius 1 is 1.07 bits per heavy atom. The summed E-state index contributed by atoms with van der Waals surface area (Å²) in [5.74, 6) is -0.308. The van der Waals surface area contributed by atoms with Crippen LogP contribution >= 0.6 is 23.1 Å². The van der Waals surface area contributed by atoms with Gasteiger partial charge in [0.1, 0.15) is 10.8 Å². The van der Waals surface area contributed by atoms with Gasteiger partial charge < -0.3 is 24.8 Å². The van der Waals surface area contributed by atoms with Crippen molar-refractivity contribution in [1.29, 1.82) is 0 Å². The van der Waals surface area contributed by atoms with Crippen LogP contribution in [0.1, 0.15) is 57.2 Å². The third-order valence-corrected chi connectivity index (χ3v) is 9.38. The molecule has 0 unspecified atom stereocenters. The Balaban J connectivity index is 1.35. The second kappa shape index (κ2) is 14.1. The Labute approximate surface area is 267 Å². The van der Waals surface area contributed by atoms with E-state index in [4.69, 9.17) is 14.2 Å². The third-order valence-electron chi connectivity index (χ3n) is 7.13. The van der Waals surface area contributed by atoms with E-state index < -0.39 is 17.0 Å². The molecule has 2 amide bonds. The molecule has 0 spiro atoms. The number of fused-ring (bicyclic) bond motifs is 1. The Hall–Kier alpha value is -4.43. The van der Waals surface area contributed by atoms with Crippen molar-refractivity contribution < 1.29 is 33.0 Å². The molecular weight excluding hydrogens is 622 g/mol. The van der Waals surface area contributed by atoms with Gasteiger partial charge in [-0.2, -0.15) is 0 Å². The molecule has 11 nitrogen and oxygen atoms in total. The average molecular weight is 654 g/mol. The van der Waals surface area contributed by atoms with Crippen LogP contribution < -0.4 is 20.1 Å². The molecule has 5 rings (SSSR count). The first kappa shape index (κ1) is 32.0. The van der Waals surface area contributed by atoms with Gasteiger partial charge in [-0.05, 0) is 81.1 Å². The van der Waals surface area contributed by atoms with Crippen molar-refractivity contribution in [3.63, 3.8) is 0 Å². The summed E-state index contributed by atoms with van der Waals surface area (Å²) in [6.45, 7) is 3.68. The molecule has 1 aliphatic rings. The summed E-state index contributed by atoms with van der Waals surface area (Å²) in [5, 5.41) is 14.5. The summed E-state index contributed by atoms with van der Waals surface area (Å²) in [6, 6.07) is 10.5. The second-order valence-electron chi connectivity index (χ2n) is 9.99. The van der Waals surface area contributed by atoms with Crippen LogP contribution in [0.4, 0.5) is 9.39 Å². The minimum Gasteiger partial charge on any atom is -0.493 e. The highest BCUT2D eigenvalue weighted by Crippen LogP contribution is 2.40. The first-order chi connectivity index (χ1) is 21.7. The van der Waals surface area contributed by atoms with Crippen LogP contribution in [0.5, 0.6) is 11.5 Å².